The number of aromatic amines is 1. The highest BCUT2D eigenvalue weighted by molar-refractivity contribution is 5.99. The minimum atomic E-state index is -0.950. The van der Waals surface area contributed by atoms with Crippen molar-refractivity contribution in [3.05, 3.63) is 36.0 Å². The predicted octanol–water partition coefficient (Wildman–Crippen LogP) is 1.93. The number of nitrogens with zero attached hydrogens (tertiary/aromatic N) is 2. The van der Waals surface area contributed by atoms with Gasteiger partial charge in [0, 0.05) is 19.2 Å². The normalized spacial score (nSPS) is 11.3. The molecule has 0 saturated heterocycles. The largest absolute Gasteiger partial charge is 0.497 e. The topological polar surface area (TPSA) is 78.5 Å². The summed E-state index contributed by atoms with van der Waals surface area (Å²) in [5, 5.41) is 16.7. The average molecular weight is 303 g/mol. The Kier molecular flexibility index (Phi) is 4.51. The molecule has 0 spiro atoms. The highest BCUT2D eigenvalue weighted by atomic mass is 16.5. The molecule has 1 aromatic carbocycles. The van der Waals surface area contributed by atoms with Gasteiger partial charge in [0.05, 0.1) is 30.2 Å². The van der Waals surface area contributed by atoms with Gasteiger partial charge < -0.3 is 14.7 Å². The van der Waals surface area contributed by atoms with Gasteiger partial charge in [0.1, 0.15) is 5.75 Å². The molecular weight excluding hydrogens is 282 g/mol. The molecule has 2 N–H and O–H groups in total. The number of likely N-dealkylation sites (N-methyl/N-ethyl adjacent to an activating group) is 1. The summed E-state index contributed by atoms with van der Waals surface area (Å²) in [5.74, 6) is 0.553. The van der Waals surface area contributed by atoms with Gasteiger partial charge in [-0.05, 0) is 38.1 Å². The zero-order valence-corrected chi connectivity index (χ0v) is 13.3. The van der Waals surface area contributed by atoms with Crippen molar-refractivity contribution >= 4 is 5.91 Å². The Morgan fingerprint density at radius 1 is 1.36 bits per heavy atom. The van der Waals surface area contributed by atoms with Crippen LogP contribution in [0.4, 0.5) is 0 Å². The average Bonchev–Trinajstić information content (AvgIpc) is 2.94. The third kappa shape index (κ3) is 3.65. The molecular formula is C16H21N3O3. The molecule has 6 nitrogen and oxygen atoms in total. The van der Waals surface area contributed by atoms with E-state index in [1.807, 2.05) is 24.3 Å². The van der Waals surface area contributed by atoms with E-state index in [0.29, 0.717) is 11.3 Å². The summed E-state index contributed by atoms with van der Waals surface area (Å²) in [7, 11) is 3.26. The Morgan fingerprint density at radius 2 is 2.00 bits per heavy atom. The summed E-state index contributed by atoms with van der Waals surface area (Å²) in [6.45, 7) is 3.56. The van der Waals surface area contributed by atoms with E-state index in [-0.39, 0.29) is 12.5 Å². The van der Waals surface area contributed by atoms with Gasteiger partial charge in [-0.1, -0.05) is 0 Å². The molecule has 0 fully saturated rings. The first-order valence-corrected chi connectivity index (χ1v) is 6.97. The van der Waals surface area contributed by atoms with E-state index in [1.165, 1.54) is 11.1 Å². The van der Waals surface area contributed by atoms with Crippen molar-refractivity contribution in [1.82, 2.24) is 15.1 Å². The van der Waals surface area contributed by atoms with Crippen LogP contribution in [0.3, 0.4) is 0 Å². The van der Waals surface area contributed by atoms with E-state index in [2.05, 4.69) is 10.2 Å². The lowest BCUT2D eigenvalue weighted by Crippen LogP contribution is -2.39. The van der Waals surface area contributed by atoms with Gasteiger partial charge in [-0.3, -0.25) is 9.89 Å². The zero-order valence-electron chi connectivity index (χ0n) is 13.3. The quantitative estimate of drug-likeness (QED) is 0.884. The fraction of sp³-hybridized carbons (Fsp3) is 0.375. The number of amides is 1. The van der Waals surface area contributed by atoms with Gasteiger partial charge in [0.2, 0.25) is 0 Å². The van der Waals surface area contributed by atoms with E-state index in [0.717, 1.165) is 11.3 Å². The number of methoxy groups -OCH3 is 1. The van der Waals surface area contributed by atoms with Crippen molar-refractivity contribution < 1.29 is 14.6 Å². The number of aliphatic hydroxyl groups is 1. The van der Waals surface area contributed by atoms with Crippen LogP contribution in [0.15, 0.2) is 30.5 Å². The Labute approximate surface area is 129 Å². The summed E-state index contributed by atoms with van der Waals surface area (Å²) in [6, 6.07) is 7.37. The molecule has 0 atom stereocenters. The van der Waals surface area contributed by atoms with Gasteiger partial charge >= 0.3 is 0 Å². The first-order chi connectivity index (χ1) is 10.3. The Morgan fingerprint density at radius 3 is 2.55 bits per heavy atom. The molecule has 0 aliphatic carbocycles. The second kappa shape index (κ2) is 6.19. The number of carbonyl (C=O) groups excluding carboxylic acids is 1. The van der Waals surface area contributed by atoms with Crippen LogP contribution in [-0.4, -0.2) is 52.4 Å². The van der Waals surface area contributed by atoms with Crippen LogP contribution in [0.1, 0.15) is 24.2 Å². The number of H-pyrrole nitrogens is 1. The number of nitrogens with one attached hydrogen (secondary N) is 1. The number of rotatable bonds is 5. The molecule has 0 aliphatic heterocycles. The minimum absolute atomic E-state index is 0.193. The second-order valence-electron chi connectivity index (χ2n) is 5.86. The Bertz CT molecular complexity index is 641. The van der Waals surface area contributed by atoms with Crippen LogP contribution in [0.5, 0.6) is 5.75 Å². The number of carbonyl (C=O) groups is 1. The molecule has 0 aliphatic rings. The second-order valence-corrected chi connectivity index (χ2v) is 5.86. The summed E-state index contributed by atoms with van der Waals surface area (Å²) in [5.41, 5.74) is 1.01. The van der Waals surface area contributed by atoms with E-state index in [9.17, 15) is 9.90 Å². The van der Waals surface area contributed by atoms with Crippen molar-refractivity contribution in [2.24, 2.45) is 0 Å². The van der Waals surface area contributed by atoms with Crippen LogP contribution in [0, 0.1) is 0 Å². The third-order valence-electron chi connectivity index (χ3n) is 3.22. The SMILES string of the molecule is COc1ccc(-c2[nH]ncc2C(=O)N(C)CC(C)(C)O)cc1. The third-order valence-corrected chi connectivity index (χ3v) is 3.22. The Hall–Kier alpha value is -2.34. The zero-order chi connectivity index (χ0) is 16.3. The van der Waals surface area contributed by atoms with Gasteiger partial charge in [-0.2, -0.15) is 5.10 Å². The molecule has 0 bridgehead atoms. The maximum Gasteiger partial charge on any atom is 0.257 e. The number of hydrogen-bond acceptors (Lipinski definition) is 4. The van der Waals surface area contributed by atoms with E-state index < -0.39 is 5.60 Å². The minimum Gasteiger partial charge on any atom is -0.497 e. The fourth-order valence-corrected chi connectivity index (χ4v) is 2.28. The van der Waals surface area contributed by atoms with Crippen LogP contribution in [0.25, 0.3) is 11.3 Å². The molecule has 0 unspecified atom stereocenters. The van der Waals surface area contributed by atoms with Crippen molar-refractivity contribution in [2.45, 2.75) is 19.4 Å². The van der Waals surface area contributed by atoms with Crippen LogP contribution < -0.4 is 4.74 Å². The lowest BCUT2D eigenvalue weighted by Gasteiger charge is -2.25. The molecule has 1 amide bonds. The van der Waals surface area contributed by atoms with Gasteiger partial charge in [-0.15, -0.1) is 0 Å². The predicted molar refractivity (Wildman–Crippen MR) is 83.8 cm³/mol. The first kappa shape index (κ1) is 16.0. The molecule has 2 rings (SSSR count). The number of ether oxygens (including phenoxy) is 1. The van der Waals surface area contributed by atoms with Crippen molar-refractivity contribution in [3.63, 3.8) is 0 Å². The highest BCUT2D eigenvalue weighted by Crippen LogP contribution is 2.24. The summed E-state index contributed by atoms with van der Waals surface area (Å²) < 4.78 is 5.13. The summed E-state index contributed by atoms with van der Waals surface area (Å²) in [4.78, 5) is 14.0. The molecule has 118 valence electrons. The lowest BCUT2D eigenvalue weighted by atomic mass is 10.1. The molecule has 0 radical (unpaired) electrons. The van der Waals surface area contributed by atoms with Crippen molar-refractivity contribution in [2.75, 3.05) is 20.7 Å². The van der Waals surface area contributed by atoms with E-state index >= 15 is 0 Å². The van der Waals surface area contributed by atoms with E-state index in [1.54, 1.807) is 28.0 Å². The monoisotopic (exact) mass is 303 g/mol. The van der Waals surface area contributed by atoms with Gasteiger partial charge in [-0.25, -0.2) is 0 Å². The van der Waals surface area contributed by atoms with Crippen LogP contribution in [-0.2, 0) is 0 Å². The standard InChI is InChI=1S/C16H21N3O3/c1-16(2,21)10-19(3)15(20)13-9-17-18-14(13)11-5-7-12(22-4)8-6-11/h5-9,21H,10H2,1-4H3,(H,17,18). The van der Waals surface area contributed by atoms with Gasteiger partial charge in [0.25, 0.3) is 5.91 Å². The van der Waals surface area contributed by atoms with Crippen LogP contribution in [0.2, 0.25) is 0 Å². The maximum atomic E-state index is 12.5. The van der Waals surface area contributed by atoms with Crippen molar-refractivity contribution in [3.8, 4) is 17.0 Å². The van der Waals surface area contributed by atoms with E-state index in [4.69, 9.17) is 4.74 Å². The molecule has 1 aromatic heterocycles. The highest BCUT2D eigenvalue weighted by Gasteiger charge is 2.23. The summed E-state index contributed by atoms with van der Waals surface area (Å²) >= 11 is 0. The fourth-order valence-electron chi connectivity index (χ4n) is 2.28. The number of benzene rings is 1. The smallest absolute Gasteiger partial charge is 0.257 e. The summed E-state index contributed by atoms with van der Waals surface area (Å²) in [6.07, 6.45) is 1.50. The molecule has 2 aromatic rings. The molecule has 22 heavy (non-hydrogen) atoms. The molecule has 1 heterocycles. The van der Waals surface area contributed by atoms with Crippen molar-refractivity contribution in [1.29, 1.82) is 0 Å². The van der Waals surface area contributed by atoms with Gasteiger partial charge in [0.15, 0.2) is 0 Å². The molecule has 6 heteroatoms. The Balaban J connectivity index is 2.26. The lowest BCUT2D eigenvalue weighted by molar-refractivity contribution is 0.0368. The number of hydrogen-bond donors (Lipinski definition) is 2. The first-order valence-electron chi connectivity index (χ1n) is 6.97. The maximum absolute atomic E-state index is 12.5. The molecule has 0 saturated carbocycles. The number of aromatic nitrogens is 2. The van der Waals surface area contributed by atoms with Crippen LogP contribution >= 0.6 is 0 Å².